The van der Waals surface area contributed by atoms with E-state index in [1.807, 2.05) is 37.3 Å². The zero-order valence-electron chi connectivity index (χ0n) is 9.81. The van der Waals surface area contributed by atoms with Gasteiger partial charge in [0.05, 0.1) is 6.04 Å². The molecule has 2 atom stereocenters. The lowest BCUT2D eigenvalue weighted by Gasteiger charge is -2.16. The van der Waals surface area contributed by atoms with Crippen LogP contribution in [0, 0.1) is 0 Å². The standard InChI is InChI=1S/C12H16N2O3/c1-8(10-6-4-3-5-7-10)13-12(17)14-9(2)11(15)16/h3-9H,1-2H3,(H,15,16)(H2,13,14,17)/t8-,9+/m1/s1. The Morgan fingerprint density at radius 1 is 1.12 bits per heavy atom. The molecule has 5 heteroatoms. The zero-order chi connectivity index (χ0) is 12.8. The monoisotopic (exact) mass is 236 g/mol. The zero-order valence-corrected chi connectivity index (χ0v) is 9.81. The molecule has 3 N–H and O–H groups in total. The summed E-state index contributed by atoms with van der Waals surface area (Å²) in [4.78, 5) is 22.0. The molecular weight excluding hydrogens is 220 g/mol. The van der Waals surface area contributed by atoms with Crippen molar-refractivity contribution in [2.24, 2.45) is 0 Å². The molecule has 0 aliphatic rings. The molecule has 0 bridgehead atoms. The quantitative estimate of drug-likeness (QED) is 0.741. The van der Waals surface area contributed by atoms with Gasteiger partial charge in [0.25, 0.3) is 0 Å². The van der Waals surface area contributed by atoms with Crippen LogP contribution in [-0.4, -0.2) is 23.1 Å². The number of amides is 2. The minimum absolute atomic E-state index is 0.169. The van der Waals surface area contributed by atoms with Crippen LogP contribution in [0.15, 0.2) is 30.3 Å². The van der Waals surface area contributed by atoms with Crippen LogP contribution in [0.4, 0.5) is 4.79 Å². The molecule has 0 aliphatic heterocycles. The number of aliphatic carboxylic acids is 1. The van der Waals surface area contributed by atoms with Crippen molar-refractivity contribution in [3.8, 4) is 0 Å². The number of carbonyl (C=O) groups is 2. The minimum atomic E-state index is -1.06. The van der Waals surface area contributed by atoms with E-state index >= 15 is 0 Å². The predicted molar refractivity (Wildman–Crippen MR) is 63.6 cm³/mol. The van der Waals surface area contributed by atoms with Gasteiger partial charge in [-0.05, 0) is 19.4 Å². The Hall–Kier alpha value is -2.04. The third-order valence-corrected chi connectivity index (χ3v) is 2.37. The number of carbonyl (C=O) groups excluding carboxylic acids is 1. The van der Waals surface area contributed by atoms with Crippen LogP contribution in [0.2, 0.25) is 0 Å². The molecule has 0 unspecified atom stereocenters. The highest BCUT2D eigenvalue weighted by Gasteiger charge is 2.15. The molecule has 1 rings (SSSR count). The van der Waals surface area contributed by atoms with E-state index in [-0.39, 0.29) is 6.04 Å². The van der Waals surface area contributed by atoms with Gasteiger partial charge in [0.15, 0.2) is 0 Å². The Balaban J connectivity index is 2.49. The minimum Gasteiger partial charge on any atom is -0.480 e. The summed E-state index contributed by atoms with van der Waals surface area (Å²) in [6.07, 6.45) is 0. The summed E-state index contributed by atoms with van der Waals surface area (Å²) in [5.41, 5.74) is 0.964. The number of carboxylic acid groups (broad SMARTS) is 1. The highest BCUT2D eigenvalue weighted by molar-refractivity contribution is 5.82. The number of benzene rings is 1. The molecule has 0 saturated carbocycles. The van der Waals surface area contributed by atoms with Crippen LogP contribution in [0.1, 0.15) is 25.5 Å². The van der Waals surface area contributed by atoms with Crippen LogP contribution in [0.5, 0.6) is 0 Å². The third kappa shape index (κ3) is 4.14. The van der Waals surface area contributed by atoms with Gasteiger partial charge in [-0.2, -0.15) is 0 Å². The molecule has 5 nitrogen and oxygen atoms in total. The summed E-state index contributed by atoms with van der Waals surface area (Å²) in [7, 11) is 0. The Bertz CT molecular complexity index is 392. The van der Waals surface area contributed by atoms with Gasteiger partial charge >= 0.3 is 12.0 Å². The predicted octanol–water partition coefficient (Wildman–Crippen LogP) is 1.52. The van der Waals surface area contributed by atoms with Crippen molar-refractivity contribution in [1.82, 2.24) is 10.6 Å². The van der Waals surface area contributed by atoms with Crippen molar-refractivity contribution in [3.63, 3.8) is 0 Å². The van der Waals surface area contributed by atoms with Crippen molar-refractivity contribution in [2.45, 2.75) is 25.9 Å². The van der Waals surface area contributed by atoms with Crippen LogP contribution in [0.25, 0.3) is 0 Å². The highest BCUT2D eigenvalue weighted by Crippen LogP contribution is 2.10. The van der Waals surface area contributed by atoms with Gasteiger partial charge in [-0.15, -0.1) is 0 Å². The lowest BCUT2D eigenvalue weighted by molar-refractivity contribution is -0.138. The van der Waals surface area contributed by atoms with Crippen LogP contribution < -0.4 is 10.6 Å². The molecule has 1 aromatic carbocycles. The number of rotatable bonds is 4. The molecule has 0 radical (unpaired) electrons. The van der Waals surface area contributed by atoms with Crippen molar-refractivity contribution in [1.29, 1.82) is 0 Å². The first-order valence-electron chi connectivity index (χ1n) is 5.35. The number of carboxylic acids is 1. The number of urea groups is 1. The molecule has 92 valence electrons. The Labute approximate surface area is 99.8 Å². The fraction of sp³-hybridized carbons (Fsp3) is 0.333. The van der Waals surface area contributed by atoms with Gasteiger partial charge in [-0.3, -0.25) is 4.79 Å². The van der Waals surface area contributed by atoms with E-state index in [0.717, 1.165) is 5.56 Å². The van der Waals surface area contributed by atoms with E-state index in [4.69, 9.17) is 5.11 Å². The first kappa shape index (κ1) is 13.0. The fourth-order valence-electron chi connectivity index (χ4n) is 1.32. The fourth-order valence-corrected chi connectivity index (χ4v) is 1.32. The summed E-state index contributed by atoms with van der Waals surface area (Å²) in [6.45, 7) is 3.25. The van der Waals surface area contributed by atoms with E-state index in [2.05, 4.69) is 10.6 Å². The molecule has 0 aromatic heterocycles. The lowest BCUT2D eigenvalue weighted by Crippen LogP contribution is -2.45. The average Bonchev–Trinajstić information content (AvgIpc) is 2.29. The topological polar surface area (TPSA) is 78.4 Å². The van der Waals surface area contributed by atoms with E-state index in [1.54, 1.807) is 0 Å². The summed E-state index contributed by atoms with van der Waals surface area (Å²) in [6, 6.07) is 7.88. The molecule has 17 heavy (non-hydrogen) atoms. The first-order chi connectivity index (χ1) is 8.00. The summed E-state index contributed by atoms with van der Waals surface area (Å²) >= 11 is 0. The second-order valence-electron chi connectivity index (χ2n) is 3.81. The maximum atomic E-state index is 11.5. The van der Waals surface area contributed by atoms with E-state index < -0.39 is 18.0 Å². The molecule has 0 fully saturated rings. The van der Waals surface area contributed by atoms with Gasteiger partial charge in [0.1, 0.15) is 6.04 Å². The van der Waals surface area contributed by atoms with E-state index in [0.29, 0.717) is 0 Å². The van der Waals surface area contributed by atoms with Gasteiger partial charge in [-0.25, -0.2) is 4.79 Å². The molecule has 0 heterocycles. The molecule has 0 saturated heterocycles. The van der Waals surface area contributed by atoms with Crippen molar-refractivity contribution in [2.75, 3.05) is 0 Å². The largest absolute Gasteiger partial charge is 0.480 e. The summed E-state index contributed by atoms with van der Waals surface area (Å²) in [5.74, 6) is -1.06. The van der Waals surface area contributed by atoms with Crippen molar-refractivity contribution >= 4 is 12.0 Å². The number of hydrogen-bond donors (Lipinski definition) is 3. The molecular formula is C12H16N2O3. The van der Waals surface area contributed by atoms with Crippen molar-refractivity contribution in [3.05, 3.63) is 35.9 Å². The average molecular weight is 236 g/mol. The molecule has 0 spiro atoms. The van der Waals surface area contributed by atoms with Crippen molar-refractivity contribution < 1.29 is 14.7 Å². The van der Waals surface area contributed by atoms with Crippen LogP contribution in [0.3, 0.4) is 0 Å². The molecule has 1 aromatic rings. The van der Waals surface area contributed by atoms with Crippen LogP contribution >= 0.6 is 0 Å². The third-order valence-electron chi connectivity index (χ3n) is 2.37. The van der Waals surface area contributed by atoms with E-state index in [1.165, 1.54) is 6.92 Å². The summed E-state index contributed by atoms with van der Waals surface area (Å²) < 4.78 is 0. The van der Waals surface area contributed by atoms with E-state index in [9.17, 15) is 9.59 Å². The van der Waals surface area contributed by atoms with Gasteiger partial charge in [0, 0.05) is 0 Å². The Morgan fingerprint density at radius 3 is 2.24 bits per heavy atom. The maximum Gasteiger partial charge on any atom is 0.325 e. The highest BCUT2D eigenvalue weighted by atomic mass is 16.4. The van der Waals surface area contributed by atoms with Gasteiger partial charge in [0.2, 0.25) is 0 Å². The van der Waals surface area contributed by atoms with Gasteiger partial charge in [-0.1, -0.05) is 30.3 Å². The SMILES string of the molecule is C[C@H](NC(=O)N[C@H](C)c1ccccc1)C(=O)O. The molecule has 2 amide bonds. The smallest absolute Gasteiger partial charge is 0.325 e. The first-order valence-corrected chi connectivity index (χ1v) is 5.35. The number of hydrogen-bond acceptors (Lipinski definition) is 2. The molecule has 0 aliphatic carbocycles. The number of nitrogens with one attached hydrogen (secondary N) is 2. The second kappa shape index (κ2) is 5.89. The van der Waals surface area contributed by atoms with Gasteiger partial charge < -0.3 is 15.7 Å². The summed E-state index contributed by atoms with van der Waals surface area (Å²) in [5, 5.41) is 13.6. The normalized spacial score (nSPS) is 13.5. The van der Waals surface area contributed by atoms with Crippen LogP contribution in [-0.2, 0) is 4.79 Å². The maximum absolute atomic E-state index is 11.5. The second-order valence-corrected chi connectivity index (χ2v) is 3.81. The Kier molecular flexibility index (Phi) is 4.51. The Morgan fingerprint density at radius 2 is 1.71 bits per heavy atom. The lowest BCUT2D eigenvalue weighted by atomic mass is 10.1.